The minimum atomic E-state index is -0.300. The van der Waals surface area contributed by atoms with Crippen molar-refractivity contribution in [2.75, 3.05) is 11.9 Å². The summed E-state index contributed by atoms with van der Waals surface area (Å²) < 4.78 is 1.68. The average Bonchev–Trinajstić information content (AvgIpc) is 2.33. The van der Waals surface area contributed by atoms with E-state index in [0.29, 0.717) is 24.8 Å². The second-order valence-electron chi connectivity index (χ2n) is 5.76. The van der Waals surface area contributed by atoms with E-state index < -0.39 is 0 Å². The number of hydrogen-bond acceptors (Lipinski definition) is 4. The molecule has 0 aliphatic rings. The van der Waals surface area contributed by atoms with Crippen LogP contribution in [0.2, 0.25) is 0 Å². The summed E-state index contributed by atoms with van der Waals surface area (Å²) >= 11 is 0. The van der Waals surface area contributed by atoms with E-state index in [1.165, 1.54) is 0 Å². The van der Waals surface area contributed by atoms with Gasteiger partial charge in [-0.1, -0.05) is 20.8 Å². The zero-order valence-electron chi connectivity index (χ0n) is 12.4. The third-order valence-corrected chi connectivity index (χ3v) is 3.11. The lowest BCUT2D eigenvalue weighted by molar-refractivity contribution is 0.405. The van der Waals surface area contributed by atoms with Gasteiger partial charge in [-0.15, -0.1) is 0 Å². The van der Waals surface area contributed by atoms with Gasteiger partial charge in [0.15, 0.2) is 5.82 Å². The molecule has 0 aliphatic heterocycles. The van der Waals surface area contributed by atoms with Crippen LogP contribution in [0.25, 0.3) is 0 Å². The highest BCUT2D eigenvalue weighted by molar-refractivity contribution is 5.35. The number of hydrogen-bond donors (Lipinski definition) is 2. The SMILES string of the molecule is CCCn1ccnc(NC(C)(CN)CC(C)C)c1=O. The molecule has 1 aromatic rings. The molecule has 0 radical (unpaired) electrons. The Morgan fingerprint density at radius 1 is 1.53 bits per heavy atom. The van der Waals surface area contributed by atoms with Crippen molar-refractivity contribution in [3.63, 3.8) is 0 Å². The number of aromatic nitrogens is 2. The van der Waals surface area contributed by atoms with Crippen LogP contribution in [0.5, 0.6) is 0 Å². The van der Waals surface area contributed by atoms with Crippen LogP contribution in [0.1, 0.15) is 40.5 Å². The van der Waals surface area contributed by atoms with E-state index in [-0.39, 0.29) is 11.1 Å². The second kappa shape index (κ2) is 6.70. The fourth-order valence-electron chi connectivity index (χ4n) is 2.32. The summed E-state index contributed by atoms with van der Waals surface area (Å²) in [5, 5.41) is 3.23. The van der Waals surface area contributed by atoms with Gasteiger partial charge in [-0.3, -0.25) is 4.79 Å². The third-order valence-electron chi connectivity index (χ3n) is 3.11. The Balaban J connectivity index is 2.97. The first kappa shape index (κ1) is 15.7. The molecule has 0 saturated heterocycles. The monoisotopic (exact) mass is 266 g/mol. The first-order chi connectivity index (χ1) is 8.91. The topological polar surface area (TPSA) is 72.9 Å². The highest BCUT2D eigenvalue weighted by Gasteiger charge is 2.25. The normalized spacial score (nSPS) is 14.4. The van der Waals surface area contributed by atoms with Crippen LogP contribution in [0, 0.1) is 5.92 Å². The first-order valence-corrected chi connectivity index (χ1v) is 6.95. The standard InChI is InChI=1S/C14H26N4O/c1-5-7-18-8-6-16-12(13(18)19)17-14(4,10-15)9-11(2)3/h6,8,11H,5,7,9-10,15H2,1-4H3,(H,16,17). The summed E-state index contributed by atoms with van der Waals surface area (Å²) in [6.45, 7) is 9.54. The van der Waals surface area contributed by atoms with E-state index in [4.69, 9.17) is 5.73 Å². The minimum Gasteiger partial charge on any atom is -0.359 e. The molecule has 1 atom stereocenters. The van der Waals surface area contributed by atoms with Crippen molar-refractivity contribution < 1.29 is 0 Å². The van der Waals surface area contributed by atoms with Crippen LogP contribution < -0.4 is 16.6 Å². The minimum absolute atomic E-state index is 0.0761. The fourth-order valence-corrected chi connectivity index (χ4v) is 2.32. The number of nitrogens with one attached hydrogen (secondary N) is 1. The Morgan fingerprint density at radius 2 is 2.21 bits per heavy atom. The van der Waals surface area contributed by atoms with Crippen LogP contribution in [-0.4, -0.2) is 21.6 Å². The molecule has 0 bridgehead atoms. The summed E-state index contributed by atoms with van der Waals surface area (Å²) in [6, 6.07) is 0. The van der Waals surface area contributed by atoms with E-state index in [2.05, 4.69) is 24.1 Å². The molecular weight excluding hydrogens is 240 g/mol. The number of nitrogens with two attached hydrogens (primary N) is 1. The molecule has 0 fully saturated rings. The molecule has 1 unspecified atom stereocenters. The number of nitrogens with zero attached hydrogens (tertiary/aromatic N) is 2. The van der Waals surface area contributed by atoms with Gasteiger partial charge in [-0.2, -0.15) is 0 Å². The van der Waals surface area contributed by atoms with Crippen molar-refractivity contribution in [2.24, 2.45) is 11.7 Å². The Bertz CT molecular complexity index is 455. The molecule has 5 nitrogen and oxygen atoms in total. The summed E-state index contributed by atoms with van der Waals surface area (Å²) in [4.78, 5) is 16.4. The van der Waals surface area contributed by atoms with Crippen LogP contribution >= 0.6 is 0 Å². The molecule has 0 aromatic carbocycles. The predicted molar refractivity (Wildman–Crippen MR) is 79.3 cm³/mol. The maximum atomic E-state index is 12.2. The zero-order chi connectivity index (χ0) is 14.5. The molecule has 0 aliphatic carbocycles. The molecule has 1 heterocycles. The van der Waals surface area contributed by atoms with Gasteiger partial charge in [0, 0.05) is 31.0 Å². The number of aryl methyl sites for hydroxylation is 1. The first-order valence-electron chi connectivity index (χ1n) is 6.95. The largest absolute Gasteiger partial charge is 0.359 e. The van der Waals surface area contributed by atoms with E-state index in [9.17, 15) is 4.79 Å². The highest BCUT2D eigenvalue weighted by atomic mass is 16.1. The van der Waals surface area contributed by atoms with Crippen molar-refractivity contribution in [1.29, 1.82) is 0 Å². The predicted octanol–water partition coefficient (Wildman–Crippen LogP) is 1.83. The summed E-state index contributed by atoms with van der Waals surface area (Å²) in [6.07, 6.45) is 5.20. The molecular formula is C14H26N4O. The van der Waals surface area contributed by atoms with Gasteiger partial charge in [-0.25, -0.2) is 4.98 Å². The highest BCUT2D eigenvalue weighted by Crippen LogP contribution is 2.18. The number of rotatable bonds is 7. The third kappa shape index (κ3) is 4.35. The average molecular weight is 266 g/mol. The Labute approximate surface area is 115 Å². The smallest absolute Gasteiger partial charge is 0.293 e. The van der Waals surface area contributed by atoms with E-state index in [1.54, 1.807) is 17.0 Å². The van der Waals surface area contributed by atoms with E-state index in [0.717, 1.165) is 12.8 Å². The van der Waals surface area contributed by atoms with Crippen molar-refractivity contribution in [3.05, 3.63) is 22.7 Å². The second-order valence-corrected chi connectivity index (χ2v) is 5.76. The van der Waals surface area contributed by atoms with Crippen molar-refractivity contribution in [3.8, 4) is 0 Å². The lowest BCUT2D eigenvalue weighted by Gasteiger charge is -2.31. The molecule has 0 saturated carbocycles. The van der Waals surface area contributed by atoms with Crippen LogP contribution in [0.15, 0.2) is 17.2 Å². The molecule has 0 spiro atoms. The molecule has 1 aromatic heterocycles. The lowest BCUT2D eigenvalue weighted by Crippen LogP contribution is -2.45. The lowest BCUT2D eigenvalue weighted by atomic mass is 9.91. The summed E-state index contributed by atoms with van der Waals surface area (Å²) in [5.74, 6) is 0.896. The molecule has 3 N–H and O–H groups in total. The van der Waals surface area contributed by atoms with Gasteiger partial charge in [0.05, 0.1) is 0 Å². The van der Waals surface area contributed by atoms with Gasteiger partial charge in [-0.05, 0) is 25.7 Å². The Hall–Kier alpha value is -1.36. The summed E-state index contributed by atoms with van der Waals surface area (Å²) in [7, 11) is 0. The molecule has 0 amide bonds. The van der Waals surface area contributed by atoms with Gasteiger partial charge >= 0.3 is 0 Å². The van der Waals surface area contributed by atoms with Gasteiger partial charge < -0.3 is 15.6 Å². The Morgan fingerprint density at radius 3 is 2.74 bits per heavy atom. The zero-order valence-corrected chi connectivity index (χ0v) is 12.4. The maximum absolute atomic E-state index is 12.2. The van der Waals surface area contributed by atoms with Gasteiger partial charge in [0.2, 0.25) is 0 Å². The Kier molecular flexibility index (Phi) is 5.54. The number of anilines is 1. The van der Waals surface area contributed by atoms with Crippen LogP contribution in [0.4, 0.5) is 5.82 Å². The van der Waals surface area contributed by atoms with Crippen molar-refractivity contribution in [1.82, 2.24) is 9.55 Å². The molecule has 5 heteroatoms. The molecule has 19 heavy (non-hydrogen) atoms. The van der Waals surface area contributed by atoms with Crippen LogP contribution in [-0.2, 0) is 6.54 Å². The van der Waals surface area contributed by atoms with E-state index in [1.807, 2.05) is 13.8 Å². The van der Waals surface area contributed by atoms with Crippen molar-refractivity contribution in [2.45, 2.75) is 52.6 Å². The maximum Gasteiger partial charge on any atom is 0.293 e. The van der Waals surface area contributed by atoms with Gasteiger partial charge in [0.25, 0.3) is 5.56 Å². The van der Waals surface area contributed by atoms with E-state index >= 15 is 0 Å². The molecule has 108 valence electrons. The quantitative estimate of drug-likeness (QED) is 0.789. The van der Waals surface area contributed by atoms with Gasteiger partial charge in [0.1, 0.15) is 0 Å². The van der Waals surface area contributed by atoms with Crippen molar-refractivity contribution >= 4 is 5.82 Å². The fraction of sp³-hybridized carbons (Fsp3) is 0.714. The molecule has 1 rings (SSSR count). The summed E-state index contributed by atoms with van der Waals surface area (Å²) in [5.41, 5.74) is 5.47. The van der Waals surface area contributed by atoms with Crippen LogP contribution in [0.3, 0.4) is 0 Å².